The number of rotatable bonds is 3. The molecular formula is C10H13F3N2OS. The first kappa shape index (κ1) is 12.6. The number of hydrogen-bond acceptors (Lipinski definition) is 2. The highest BCUT2D eigenvalue weighted by Gasteiger charge is 2.65. The van der Waals surface area contributed by atoms with E-state index in [1.807, 2.05) is 0 Å². The number of nitrogens with two attached hydrogens (primary N) is 1. The largest absolute Gasteiger partial charge is 0.411 e. The number of carbonyl (C=O) groups excluding carboxylic acids is 1. The van der Waals surface area contributed by atoms with Gasteiger partial charge in [0.1, 0.15) is 5.54 Å². The molecule has 0 unspecified atom stereocenters. The zero-order valence-corrected chi connectivity index (χ0v) is 9.88. The zero-order chi connectivity index (χ0) is 12.9. The van der Waals surface area contributed by atoms with Crippen molar-refractivity contribution < 1.29 is 18.0 Å². The summed E-state index contributed by atoms with van der Waals surface area (Å²) in [4.78, 5) is 11.9. The number of nitrogens with one attached hydrogen (secondary N) is 1. The molecule has 0 aromatic carbocycles. The van der Waals surface area contributed by atoms with Gasteiger partial charge in [0.25, 0.3) is 0 Å². The molecule has 1 amide bonds. The van der Waals surface area contributed by atoms with Crippen molar-refractivity contribution in [1.29, 1.82) is 0 Å². The van der Waals surface area contributed by atoms with E-state index in [-0.39, 0.29) is 17.8 Å². The van der Waals surface area contributed by atoms with E-state index in [0.717, 1.165) is 6.42 Å². The highest BCUT2D eigenvalue weighted by Crippen LogP contribution is 2.50. The number of halogens is 3. The van der Waals surface area contributed by atoms with Crippen LogP contribution in [0.5, 0.6) is 0 Å². The van der Waals surface area contributed by atoms with Crippen LogP contribution in [0.2, 0.25) is 0 Å². The zero-order valence-electron chi connectivity index (χ0n) is 9.06. The Kier molecular flexibility index (Phi) is 2.65. The monoisotopic (exact) mass is 266 g/mol. The van der Waals surface area contributed by atoms with Gasteiger partial charge in [-0.1, -0.05) is 18.6 Å². The van der Waals surface area contributed by atoms with Crippen molar-refractivity contribution in [1.82, 2.24) is 5.32 Å². The molecule has 0 aliphatic heterocycles. The molecule has 0 bridgehead atoms. The molecule has 17 heavy (non-hydrogen) atoms. The van der Waals surface area contributed by atoms with Crippen LogP contribution in [0.3, 0.4) is 0 Å². The van der Waals surface area contributed by atoms with Gasteiger partial charge in [-0.15, -0.1) is 0 Å². The van der Waals surface area contributed by atoms with Crippen LogP contribution in [0.1, 0.15) is 32.1 Å². The van der Waals surface area contributed by atoms with Gasteiger partial charge in [-0.2, -0.15) is 13.2 Å². The van der Waals surface area contributed by atoms with Gasteiger partial charge < -0.3 is 11.1 Å². The molecular weight excluding hydrogens is 253 g/mol. The Labute approximate surface area is 102 Å². The van der Waals surface area contributed by atoms with Crippen molar-refractivity contribution in [2.45, 2.75) is 43.8 Å². The van der Waals surface area contributed by atoms with Crippen LogP contribution < -0.4 is 11.1 Å². The second kappa shape index (κ2) is 3.57. The van der Waals surface area contributed by atoms with Crippen LogP contribution >= 0.6 is 12.2 Å². The summed E-state index contributed by atoms with van der Waals surface area (Å²) in [6, 6.07) is 0. The molecule has 2 fully saturated rings. The first-order valence-corrected chi connectivity index (χ1v) is 5.84. The highest BCUT2D eigenvalue weighted by molar-refractivity contribution is 7.80. The van der Waals surface area contributed by atoms with Crippen molar-refractivity contribution in [3.63, 3.8) is 0 Å². The number of carbonyl (C=O) groups is 1. The molecule has 0 aromatic rings. The molecule has 2 aliphatic rings. The maximum absolute atomic E-state index is 12.7. The fraction of sp³-hybridized carbons (Fsp3) is 0.800. The second-order valence-corrected chi connectivity index (χ2v) is 5.27. The number of thiocarbonyl (C=S) groups is 1. The summed E-state index contributed by atoms with van der Waals surface area (Å²) in [7, 11) is 0. The van der Waals surface area contributed by atoms with Crippen LogP contribution in [-0.4, -0.2) is 22.6 Å². The number of alkyl halides is 3. The molecule has 2 rings (SSSR count). The molecule has 0 aromatic heterocycles. The fourth-order valence-corrected chi connectivity index (χ4v) is 2.35. The maximum Gasteiger partial charge on any atom is 0.411 e. The number of hydrogen-bond donors (Lipinski definition) is 2. The Morgan fingerprint density at radius 1 is 1.24 bits per heavy atom. The third-order valence-corrected chi connectivity index (χ3v) is 4.15. The number of amides is 1. The van der Waals surface area contributed by atoms with E-state index in [4.69, 9.17) is 18.0 Å². The molecule has 0 heterocycles. The molecule has 2 saturated carbocycles. The van der Waals surface area contributed by atoms with Gasteiger partial charge in [-0.3, -0.25) is 4.79 Å². The normalized spacial score (nSPS) is 24.6. The third-order valence-electron chi connectivity index (χ3n) is 3.76. The molecule has 3 nitrogen and oxygen atoms in total. The summed E-state index contributed by atoms with van der Waals surface area (Å²) < 4.78 is 38.1. The maximum atomic E-state index is 12.7. The van der Waals surface area contributed by atoms with E-state index in [0.29, 0.717) is 12.8 Å². The van der Waals surface area contributed by atoms with Crippen molar-refractivity contribution in [3.05, 3.63) is 0 Å². The van der Waals surface area contributed by atoms with Crippen molar-refractivity contribution in [2.75, 3.05) is 0 Å². The molecule has 0 spiro atoms. The molecule has 96 valence electrons. The van der Waals surface area contributed by atoms with Gasteiger partial charge in [0.05, 0.1) is 10.4 Å². The average molecular weight is 266 g/mol. The van der Waals surface area contributed by atoms with E-state index >= 15 is 0 Å². The van der Waals surface area contributed by atoms with E-state index < -0.39 is 23.0 Å². The predicted molar refractivity (Wildman–Crippen MR) is 59.2 cm³/mol. The molecule has 3 N–H and O–H groups in total. The van der Waals surface area contributed by atoms with E-state index in [2.05, 4.69) is 5.32 Å². The fourth-order valence-electron chi connectivity index (χ4n) is 2.06. The van der Waals surface area contributed by atoms with Gasteiger partial charge in [-0.25, -0.2) is 0 Å². The van der Waals surface area contributed by atoms with Crippen molar-refractivity contribution >= 4 is 23.1 Å². The molecule has 0 radical (unpaired) electrons. The lowest BCUT2D eigenvalue weighted by molar-refractivity contribution is -0.173. The molecule has 0 saturated heterocycles. The molecule has 7 heteroatoms. The van der Waals surface area contributed by atoms with Crippen LogP contribution in [-0.2, 0) is 4.79 Å². The summed E-state index contributed by atoms with van der Waals surface area (Å²) in [5, 5.41) is 2.10. The minimum atomic E-state index is -4.40. The Morgan fingerprint density at radius 3 is 2.00 bits per heavy atom. The summed E-state index contributed by atoms with van der Waals surface area (Å²) >= 11 is 4.80. The predicted octanol–water partition coefficient (Wildman–Crippen LogP) is 1.65. The Bertz CT molecular complexity index is 372. The summed E-state index contributed by atoms with van der Waals surface area (Å²) in [5.74, 6) is -0.661. The van der Waals surface area contributed by atoms with Gasteiger partial charge in [0.2, 0.25) is 5.91 Å². The van der Waals surface area contributed by atoms with Crippen LogP contribution in [0.15, 0.2) is 0 Å². The van der Waals surface area contributed by atoms with E-state index in [1.54, 1.807) is 0 Å². The first-order chi connectivity index (χ1) is 7.74. The minimum Gasteiger partial charge on any atom is -0.392 e. The smallest absolute Gasteiger partial charge is 0.392 e. The van der Waals surface area contributed by atoms with Gasteiger partial charge in [-0.05, 0) is 25.7 Å². The average Bonchev–Trinajstić information content (AvgIpc) is 2.80. The lowest BCUT2D eigenvalue weighted by Gasteiger charge is -2.40. The van der Waals surface area contributed by atoms with Gasteiger partial charge in [0.15, 0.2) is 0 Å². The lowest BCUT2D eigenvalue weighted by Crippen LogP contribution is -2.58. The second-order valence-electron chi connectivity index (χ2n) is 4.83. The Hall–Kier alpha value is -0.850. The quantitative estimate of drug-likeness (QED) is 0.764. The van der Waals surface area contributed by atoms with Crippen molar-refractivity contribution in [3.8, 4) is 0 Å². The third kappa shape index (κ3) is 1.80. The lowest BCUT2D eigenvalue weighted by atomic mass is 9.68. The Morgan fingerprint density at radius 2 is 1.76 bits per heavy atom. The topological polar surface area (TPSA) is 55.1 Å². The van der Waals surface area contributed by atoms with Gasteiger partial charge >= 0.3 is 6.18 Å². The first-order valence-electron chi connectivity index (χ1n) is 5.43. The molecule has 2 aliphatic carbocycles. The Balaban J connectivity index is 2.10. The summed E-state index contributed by atoms with van der Waals surface area (Å²) in [6.45, 7) is 0. The summed E-state index contributed by atoms with van der Waals surface area (Å²) in [6.07, 6.45) is -2.86. The summed E-state index contributed by atoms with van der Waals surface area (Å²) in [5.41, 5.74) is 2.40. The van der Waals surface area contributed by atoms with Crippen LogP contribution in [0.4, 0.5) is 13.2 Å². The standard InChI is InChI=1S/C10H13F3N2OS/c11-10(12,13)9(4-5-9)15-7(16)8(6(14)17)2-1-3-8/h1-5H2,(H2,14,17)(H,15,16). The van der Waals surface area contributed by atoms with Crippen molar-refractivity contribution in [2.24, 2.45) is 11.1 Å². The molecule has 0 atom stereocenters. The van der Waals surface area contributed by atoms with E-state index in [1.165, 1.54) is 0 Å². The van der Waals surface area contributed by atoms with E-state index in [9.17, 15) is 18.0 Å². The highest BCUT2D eigenvalue weighted by atomic mass is 32.1. The van der Waals surface area contributed by atoms with Crippen LogP contribution in [0, 0.1) is 5.41 Å². The van der Waals surface area contributed by atoms with Crippen LogP contribution in [0.25, 0.3) is 0 Å². The van der Waals surface area contributed by atoms with Gasteiger partial charge in [0, 0.05) is 0 Å². The minimum absolute atomic E-state index is 0.000718. The SMILES string of the molecule is NC(=S)C1(C(=O)NC2(C(F)(F)F)CC2)CCC1.